The van der Waals surface area contributed by atoms with Gasteiger partial charge in [-0.05, 0) is 78.3 Å². The molecule has 4 rings (SSSR count). The largest absolute Gasteiger partial charge is 0.457 e. The minimum Gasteiger partial charge on any atom is -0.457 e. The van der Waals surface area contributed by atoms with Crippen LogP contribution in [0.2, 0.25) is 0 Å². The number of hydrogen-bond donors (Lipinski definition) is 1. The quantitative estimate of drug-likeness (QED) is 0.217. The zero-order chi connectivity index (χ0) is 38.8. The van der Waals surface area contributed by atoms with E-state index in [9.17, 15) is 19.5 Å². The van der Waals surface area contributed by atoms with Gasteiger partial charge >= 0.3 is 5.97 Å². The summed E-state index contributed by atoms with van der Waals surface area (Å²) in [4.78, 5) is 48.5. The zero-order valence-corrected chi connectivity index (χ0v) is 32.5. The van der Waals surface area contributed by atoms with Crippen molar-refractivity contribution in [1.29, 1.82) is 0 Å². The number of ether oxygens (including phenoxy) is 5. The highest BCUT2D eigenvalue weighted by Gasteiger charge is 2.58. The summed E-state index contributed by atoms with van der Waals surface area (Å²) in [6.07, 6.45) is 2.78. The van der Waals surface area contributed by atoms with Crippen molar-refractivity contribution in [3.63, 3.8) is 0 Å². The standard InChI is InChI=1S/C40H59FN2O9/c1-12-30-40(9)31(24(3)22-49-40)26(5)32(44)23(2)20-38(7,48-18-14-16-28-15-13-17-42-21-28)35(27(6)34(46)39(8,41)37(47)51-30)52-36-33(45)29(43(10)11)19-25(4)50-36/h13-17,21,23,25-27,29-31,33,35-36,45H,3,12,18-20,22H2,1-2,4-11H3/b16-14+/t23?,25-,26?,27+,29+,30-,31+,33-,35-,36+,38-,39?,40-/m1/s1. The van der Waals surface area contributed by atoms with Crippen molar-refractivity contribution in [2.45, 2.75) is 128 Å². The van der Waals surface area contributed by atoms with Gasteiger partial charge in [0.05, 0.1) is 31.0 Å². The van der Waals surface area contributed by atoms with Gasteiger partial charge in [-0.25, -0.2) is 9.18 Å². The highest BCUT2D eigenvalue weighted by atomic mass is 19.1. The summed E-state index contributed by atoms with van der Waals surface area (Å²) in [6, 6.07) is 3.33. The fourth-order valence-corrected chi connectivity index (χ4v) is 8.55. The number of pyridine rings is 1. The molecule has 1 N–H and O–H groups in total. The number of cyclic esters (lactones) is 1. The van der Waals surface area contributed by atoms with Crippen LogP contribution >= 0.6 is 0 Å². The normalized spacial score (nSPS) is 41.2. The van der Waals surface area contributed by atoms with E-state index in [1.165, 1.54) is 6.92 Å². The molecule has 52 heavy (non-hydrogen) atoms. The number of carbonyl (C=O) groups is 3. The van der Waals surface area contributed by atoms with Crippen molar-refractivity contribution >= 4 is 23.6 Å². The fraction of sp³-hybridized carbons (Fsp3) is 0.700. The third kappa shape index (κ3) is 8.58. The SMILES string of the molecule is C=C1CO[C@]2(C)[C@@H](CC)OC(=O)C(C)(F)C(=O)[C@H](C)[C@@H](O[C@@H]3O[C@H](C)C[C@H](N(C)C)[C@H]3O)[C@](C)(OC/C=C/c3cccnc3)CC(C)C(=O)C(C)[C@H]12. The number of rotatable bonds is 8. The summed E-state index contributed by atoms with van der Waals surface area (Å²) in [5.74, 6) is -5.73. The molecular formula is C40H59FN2O9. The number of aliphatic hydroxyl groups is 1. The maximum Gasteiger partial charge on any atom is 0.351 e. The highest BCUT2D eigenvalue weighted by molar-refractivity contribution is 6.07. The van der Waals surface area contributed by atoms with Crippen LogP contribution in [0.1, 0.15) is 80.2 Å². The molecule has 3 fully saturated rings. The van der Waals surface area contributed by atoms with Gasteiger partial charge in [-0.1, -0.05) is 52.5 Å². The Morgan fingerprint density at radius 1 is 1.13 bits per heavy atom. The molecule has 3 unspecified atom stereocenters. The van der Waals surface area contributed by atoms with Gasteiger partial charge in [-0.2, -0.15) is 0 Å². The lowest BCUT2D eigenvalue weighted by Gasteiger charge is -2.47. The van der Waals surface area contributed by atoms with Crippen LogP contribution in [0.3, 0.4) is 0 Å². The van der Waals surface area contributed by atoms with E-state index in [0.717, 1.165) is 12.5 Å². The Labute approximate surface area is 308 Å². The van der Waals surface area contributed by atoms with E-state index in [0.29, 0.717) is 12.0 Å². The summed E-state index contributed by atoms with van der Waals surface area (Å²) in [7, 11) is 3.68. The second-order valence-electron chi connectivity index (χ2n) is 15.8. The van der Waals surface area contributed by atoms with Crippen molar-refractivity contribution in [2.24, 2.45) is 23.7 Å². The number of aliphatic hydroxyl groups excluding tert-OH is 1. The molecule has 12 heteroatoms. The van der Waals surface area contributed by atoms with Crippen LogP contribution in [-0.4, -0.2) is 113 Å². The van der Waals surface area contributed by atoms with Crippen LogP contribution < -0.4 is 0 Å². The molecule has 13 atom stereocenters. The molecule has 0 bridgehead atoms. The first-order valence-electron chi connectivity index (χ1n) is 18.4. The lowest BCUT2D eigenvalue weighted by atomic mass is 9.69. The summed E-state index contributed by atoms with van der Waals surface area (Å²) in [5.41, 5.74) is -4.25. The molecule has 0 radical (unpaired) electrons. The van der Waals surface area contributed by atoms with Gasteiger partial charge in [0.15, 0.2) is 12.1 Å². The average Bonchev–Trinajstić information content (AvgIpc) is 3.41. The first kappa shape index (κ1) is 41.9. The molecule has 1 aromatic heterocycles. The molecule has 0 aromatic carbocycles. The second-order valence-corrected chi connectivity index (χ2v) is 15.8. The van der Waals surface area contributed by atoms with Gasteiger partial charge in [0.1, 0.15) is 23.6 Å². The van der Waals surface area contributed by atoms with Crippen LogP contribution in [0.5, 0.6) is 0 Å². The second kappa shape index (κ2) is 16.7. The summed E-state index contributed by atoms with van der Waals surface area (Å²) in [6.45, 7) is 17.4. The molecule has 0 amide bonds. The Morgan fingerprint density at radius 3 is 2.44 bits per heavy atom. The van der Waals surface area contributed by atoms with Crippen LogP contribution in [0.25, 0.3) is 6.08 Å². The number of likely N-dealkylation sites (N-methyl/N-ethyl adjacent to an activating group) is 1. The molecule has 0 saturated carbocycles. The third-order valence-electron chi connectivity index (χ3n) is 11.4. The number of nitrogens with zero attached hydrogens (tertiary/aromatic N) is 2. The van der Waals surface area contributed by atoms with Gasteiger partial charge in [0.25, 0.3) is 5.67 Å². The molecule has 1 aromatic rings. The van der Waals surface area contributed by atoms with Gasteiger partial charge in [-0.3, -0.25) is 14.6 Å². The molecule has 11 nitrogen and oxygen atoms in total. The van der Waals surface area contributed by atoms with Crippen molar-refractivity contribution in [3.8, 4) is 0 Å². The monoisotopic (exact) mass is 730 g/mol. The Kier molecular flexibility index (Phi) is 13.4. The molecular weight excluding hydrogens is 671 g/mol. The number of halogens is 1. The maximum absolute atomic E-state index is 16.8. The van der Waals surface area contributed by atoms with Gasteiger partial charge in [0, 0.05) is 42.1 Å². The minimum absolute atomic E-state index is 0.0197. The average molecular weight is 731 g/mol. The number of Topliss-reactive ketones (excluding diaryl/α,β-unsaturated/α-hetero) is 2. The van der Waals surface area contributed by atoms with Crippen LogP contribution in [0.4, 0.5) is 4.39 Å². The van der Waals surface area contributed by atoms with Crippen molar-refractivity contribution in [2.75, 3.05) is 27.3 Å². The van der Waals surface area contributed by atoms with Crippen molar-refractivity contribution in [3.05, 3.63) is 48.3 Å². The molecule has 4 heterocycles. The number of esters is 1. The Bertz CT molecular complexity index is 1470. The first-order valence-corrected chi connectivity index (χ1v) is 18.4. The predicted molar refractivity (Wildman–Crippen MR) is 194 cm³/mol. The Hall–Kier alpha value is -2.87. The lowest BCUT2D eigenvalue weighted by molar-refractivity contribution is -0.297. The maximum atomic E-state index is 16.8. The lowest BCUT2D eigenvalue weighted by Crippen LogP contribution is -2.61. The van der Waals surface area contributed by atoms with E-state index in [2.05, 4.69) is 11.6 Å². The number of alkyl halides is 1. The number of fused-ring (bicyclic) bond motifs is 1. The smallest absolute Gasteiger partial charge is 0.351 e. The van der Waals surface area contributed by atoms with Crippen LogP contribution in [0, 0.1) is 23.7 Å². The molecule has 3 aliphatic heterocycles. The van der Waals surface area contributed by atoms with E-state index < -0.39 is 76.9 Å². The summed E-state index contributed by atoms with van der Waals surface area (Å²) < 4.78 is 48.2. The van der Waals surface area contributed by atoms with E-state index >= 15 is 4.39 Å². The van der Waals surface area contributed by atoms with Gasteiger partial charge in [-0.15, -0.1) is 0 Å². The summed E-state index contributed by atoms with van der Waals surface area (Å²) >= 11 is 0. The van der Waals surface area contributed by atoms with Gasteiger partial charge < -0.3 is 33.7 Å². The Morgan fingerprint density at radius 2 is 1.83 bits per heavy atom. The topological polar surface area (TPSA) is 134 Å². The summed E-state index contributed by atoms with van der Waals surface area (Å²) in [5, 5.41) is 11.5. The number of carbonyl (C=O) groups excluding carboxylic acids is 3. The predicted octanol–water partition coefficient (Wildman–Crippen LogP) is 5.14. The molecule has 290 valence electrons. The zero-order valence-electron chi connectivity index (χ0n) is 32.5. The highest BCUT2D eigenvalue weighted by Crippen LogP contribution is 2.47. The number of ketones is 2. The molecule has 3 saturated heterocycles. The molecule has 0 aliphatic carbocycles. The van der Waals surface area contributed by atoms with E-state index in [1.807, 2.05) is 45.0 Å². The van der Waals surface area contributed by atoms with E-state index in [1.54, 1.807) is 52.2 Å². The first-order chi connectivity index (χ1) is 24.3. The van der Waals surface area contributed by atoms with E-state index in [-0.39, 0.29) is 44.0 Å². The number of hydrogen-bond acceptors (Lipinski definition) is 11. The van der Waals surface area contributed by atoms with Crippen molar-refractivity contribution < 1.29 is 47.6 Å². The van der Waals surface area contributed by atoms with E-state index in [4.69, 9.17) is 23.7 Å². The third-order valence-corrected chi connectivity index (χ3v) is 11.4. The molecule has 3 aliphatic rings. The van der Waals surface area contributed by atoms with Crippen molar-refractivity contribution in [1.82, 2.24) is 9.88 Å². The fourth-order valence-electron chi connectivity index (χ4n) is 8.55. The number of aromatic nitrogens is 1. The minimum atomic E-state index is -3.10. The Balaban J connectivity index is 1.84. The van der Waals surface area contributed by atoms with Gasteiger partial charge in [0.2, 0.25) is 0 Å². The van der Waals surface area contributed by atoms with Crippen LogP contribution in [-0.2, 0) is 38.1 Å². The van der Waals surface area contributed by atoms with Crippen LogP contribution in [0.15, 0.2) is 42.8 Å². The molecule has 0 spiro atoms.